The van der Waals surface area contributed by atoms with Gasteiger partial charge in [-0.05, 0) is 74.9 Å². The van der Waals surface area contributed by atoms with E-state index in [1.807, 2.05) is 48.3 Å². The van der Waals surface area contributed by atoms with E-state index < -0.39 is 0 Å². The van der Waals surface area contributed by atoms with Crippen LogP contribution in [-0.2, 0) is 19.4 Å². The molecular weight excluding hydrogens is 406 g/mol. The van der Waals surface area contributed by atoms with Gasteiger partial charge in [0, 0.05) is 22.7 Å². The highest BCUT2D eigenvalue weighted by Crippen LogP contribution is 2.44. The van der Waals surface area contributed by atoms with Gasteiger partial charge in [0.15, 0.2) is 0 Å². The average Bonchev–Trinajstić information content (AvgIpc) is 3.35. The summed E-state index contributed by atoms with van der Waals surface area (Å²) in [6.07, 6.45) is 6.90. The number of carbonyl (C=O) groups excluding carboxylic acids is 1. The summed E-state index contributed by atoms with van der Waals surface area (Å²) in [7, 11) is 1.68. The summed E-state index contributed by atoms with van der Waals surface area (Å²) in [5, 5.41) is 4.42. The Kier molecular flexibility index (Phi) is 5.26. The Morgan fingerprint density at radius 1 is 1.16 bits per heavy atom. The second-order valence-corrected chi connectivity index (χ2v) is 9.79. The molecule has 1 aliphatic carbocycles. The minimum absolute atomic E-state index is 0.0285. The molecule has 1 aliphatic heterocycles. The van der Waals surface area contributed by atoms with E-state index in [0.717, 1.165) is 29.8 Å². The number of methoxy groups -OCH3 is 1. The summed E-state index contributed by atoms with van der Waals surface area (Å²) in [6.45, 7) is 4.64. The van der Waals surface area contributed by atoms with E-state index in [1.54, 1.807) is 7.11 Å². The van der Waals surface area contributed by atoms with Crippen LogP contribution in [-0.4, -0.2) is 28.6 Å². The van der Waals surface area contributed by atoms with Crippen molar-refractivity contribution < 1.29 is 9.53 Å². The van der Waals surface area contributed by atoms with E-state index in [2.05, 4.69) is 34.3 Å². The summed E-state index contributed by atoms with van der Waals surface area (Å²) < 4.78 is 7.81. The Hall–Kier alpha value is -2.73. The fraction of sp³-hybridized carbons (Fsp3) is 0.400. The molecule has 31 heavy (non-hydrogen) atoms. The summed E-state index contributed by atoms with van der Waals surface area (Å²) in [6, 6.07) is 12.2. The first kappa shape index (κ1) is 20.2. The number of amides is 2. The lowest BCUT2D eigenvalue weighted by Crippen LogP contribution is -2.44. The van der Waals surface area contributed by atoms with Gasteiger partial charge in [0.2, 0.25) is 0 Å². The van der Waals surface area contributed by atoms with Gasteiger partial charge in [0.05, 0.1) is 25.4 Å². The van der Waals surface area contributed by atoms with Gasteiger partial charge < -0.3 is 19.5 Å². The first-order valence-electron chi connectivity index (χ1n) is 11.1. The molecule has 162 valence electrons. The van der Waals surface area contributed by atoms with Crippen LogP contribution in [0.2, 0.25) is 0 Å². The molecule has 2 aliphatic rings. The quantitative estimate of drug-likeness (QED) is 0.595. The van der Waals surface area contributed by atoms with E-state index in [1.165, 1.54) is 33.8 Å². The van der Waals surface area contributed by atoms with Gasteiger partial charge in [-0.1, -0.05) is 12.1 Å². The summed E-state index contributed by atoms with van der Waals surface area (Å²) >= 11 is 1.91. The molecule has 0 bridgehead atoms. The number of nitrogens with one attached hydrogen (secondary N) is 1. The Morgan fingerprint density at radius 2 is 2.00 bits per heavy atom. The molecule has 5 rings (SSSR count). The van der Waals surface area contributed by atoms with Gasteiger partial charge >= 0.3 is 6.03 Å². The molecule has 1 aromatic carbocycles. The third kappa shape index (κ3) is 3.53. The maximum absolute atomic E-state index is 13.5. The molecule has 5 nitrogen and oxygen atoms in total. The number of aryl methyl sites for hydroxylation is 1. The number of fused-ring (bicyclic) bond motifs is 5. The molecule has 3 aromatic rings. The van der Waals surface area contributed by atoms with Crippen molar-refractivity contribution in [2.24, 2.45) is 0 Å². The lowest BCUT2D eigenvalue weighted by molar-refractivity contribution is 0.178. The third-order valence-corrected chi connectivity index (χ3v) is 7.59. The van der Waals surface area contributed by atoms with E-state index in [-0.39, 0.29) is 18.1 Å². The number of hydrogen-bond acceptors (Lipinski definition) is 3. The monoisotopic (exact) mass is 435 g/mol. The number of thiophene rings is 1. The Labute approximate surface area is 187 Å². The molecule has 0 unspecified atom stereocenters. The second-order valence-electron chi connectivity index (χ2n) is 8.71. The first-order valence-corrected chi connectivity index (χ1v) is 11.9. The molecular formula is C25H29N3O2S. The number of ether oxygens (including phenoxy) is 1. The predicted octanol–water partition coefficient (Wildman–Crippen LogP) is 5.45. The number of carbonyl (C=O) groups is 1. The zero-order valence-electron chi connectivity index (χ0n) is 18.4. The molecule has 6 heteroatoms. The lowest BCUT2D eigenvalue weighted by Gasteiger charge is -2.32. The smallest absolute Gasteiger partial charge is 0.318 e. The van der Waals surface area contributed by atoms with Gasteiger partial charge in [-0.25, -0.2) is 4.79 Å². The zero-order chi connectivity index (χ0) is 21.5. The number of urea groups is 1. The van der Waals surface area contributed by atoms with Gasteiger partial charge in [0.1, 0.15) is 10.8 Å². The maximum Gasteiger partial charge on any atom is 0.318 e. The van der Waals surface area contributed by atoms with Crippen molar-refractivity contribution in [1.82, 2.24) is 14.8 Å². The fourth-order valence-corrected chi connectivity index (χ4v) is 6.28. The highest BCUT2D eigenvalue weighted by Gasteiger charge is 2.36. The SMILES string of the molecule is COc1cccc([C@H]2c3cccn3-c3sc4c(c3CN2C(=O)NC(C)C)CCCC4)c1. The third-order valence-electron chi connectivity index (χ3n) is 6.26. The van der Waals surface area contributed by atoms with Crippen LogP contribution in [0, 0.1) is 0 Å². The standard InChI is InChI=1S/C25H29N3O2S/c1-16(2)26-25(29)28-15-20-19-10-4-5-12-22(19)31-24(20)27-13-7-11-21(27)23(28)17-8-6-9-18(14-17)30-3/h6-9,11,13-14,16,23H,4-5,10,12,15H2,1-3H3,(H,26,29)/t23-/m0/s1. The van der Waals surface area contributed by atoms with Gasteiger partial charge in [0.25, 0.3) is 0 Å². The molecule has 0 saturated carbocycles. The predicted molar refractivity (Wildman–Crippen MR) is 124 cm³/mol. The van der Waals surface area contributed by atoms with Crippen LogP contribution in [0.25, 0.3) is 5.00 Å². The number of aromatic nitrogens is 1. The Balaban J connectivity index is 1.70. The van der Waals surface area contributed by atoms with Crippen molar-refractivity contribution in [3.63, 3.8) is 0 Å². The Morgan fingerprint density at radius 3 is 2.81 bits per heavy atom. The second kappa shape index (κ2) is 8.08. The van der Waals surface area contributed by atoms with Crippen molar-refractivity contribution >= 4 is 17.4 Å². The van der Waals surface area contributed by atoms with Crippen LogP contribution >= 0.6 is 11.3 Å². The van der Waals surface area contributed by atoms with Crippen molar-refractivity contribution in [2.75, 3.05) is 7.11 Å². The summed E-state index contributed by atoms with van der Waals surface area (Å²) in [4.78, 5) is 17.0. The highest BCUT2D eigenvalue weighted by atomic mass is 32.1. The minimum Gasteiger partial charge on any atom is -0.497 e. The van der Waals surface area contributed by atoms with Gasteiger partial charge in [-0.15, -0.1) is 11.3 Å². The molecule has 0 radical (unpaired) electrons. The van der Waals surface area contributed by atoms with Crippen molar-refractivity contribution in [1.29, 1.82) is 0 Å². The van der Waals surface area contributed by atoms with Crippen molar-refractivity contribution in [3.05, 3.63) is 69.9 Å². The zero-order valence-corrected chi connectivity index (χ0v) is 19.2. The van der Waals surface area contributed by atoms with E-state index in [9.17, 15) is 4.79 Å². The normalized spacial score (nSPS) is 17.5. The largest absolute Gasteiger partial charge is 0.497 e. The number of hydrogen-bond donors (Lipinski definition) is 1. The summed E-state index contributed by atoms with van der Waals surface area (Å²) in [5.74, 6) is 0.802. The number of benzene rings is 1. The van der Waals surface area contributed by atoms with Crippen LogP contribution in [0.3, 0.4) is 0 Å². The molecule has 3 heterocycles. The minimum atomic E-state index is -0.192. The lowest BCUT2D eigenvalue weighted by atomic mass is 9.95. The van der Waals surface area contributed by atoms with Crippen molar-refractivity contribution in [2.45, 2.75) is 58.2 Å². The molecule has 0 spiro atoms. The first-order chi connectivity index (χ1) is 15.1. The topological polar surface area (TPSA) is 46.5 Å². The molecule has 0 fully saturated rings. The molecule has 1 N–H and O–H groups in total. The van der Waals surface area contributed by atoms with E-state index in [4.69, 9.17) is 4.74 Å². The van der Waals surface area contributed by atoms with Crippen LogP contribution in [0.4, 0.5) is 4.79 Å². The molecule has 2 aromatic heterocycles. The van der Waals surface area contributed by atoms with Gasteiger partial charge in [-0.2, -0.15) is 0 Å². The molecule has 2 amide bonds. The van der Waals surface area contributed by atoms with Crippen LogP contribution in [0.15, 0.2) is 42.6 Å². The van der Waals surface area contributed by atoms with Crippen molar-refractivity contribution in [3.8, 4) is 10.8 Å². The van der Waals surface area contributed by atoms with Gasteiger partial charge in [-0.3, -0.25) is 0 Å². The highest BCUT2D eigenvalue weighted by molar-refractivity contribution is 7.15. The fourth-order valence-electron chi connectivity index (χ4n) is 4.88. The van der Waals surface area contributed by atoms with Crippen LogP contribution in [0.5, 0.6) is 5.75 Å². The maximum atomic E-state index is 13.5. The van der Waals surface area contributed by atoms with E-state index in [0.29, 0.717) is 6.54 Å². The molecule has 1 atom stereocenters. The summed E-state index contributed by atoms with van der Waals surface area (Å²) in [5.41, 5.74) is 4.97. The Bertz CT molecular complexity index is 1110. The van der Waals surface area contributed by atoms with Crippen LogP contribution in [0.1, 0.15) is 60.0 Å². The number of nitrogens with zero attached hydrogens (tertiary/aromatic N) is 2. The average molecular weight is 436 g/mol. The number of rotatable bonds is 3. The molecule has 0 saturated heterocycles. The van der Waals surface area contributed by atoms with E-state index >= 15 is 0 Å². The van der Waals surface area contributed by atoms with Crippen LogP contribution < -0.4 is 10.1 Å².